The summed E-state index contributed by atoms with van der Waals surface area (Å²) in [4.78, 5) is 13.0. The van der Waals surface area contributed by atoms with Crippen LogP contribution in [0.4, 0.5) is 5.82 Å². The highest BCUT2D eigenvalue weighted by molar-refractivity contribution is 8.00. The molecule has 1 aromatic carbocycles. The molecule has 0 radical (unpaired) electrons. The summed E-state index contributed by atoms with van der Waals surface area (Å²) >= 11 is 3.37. The lowest BCUT2D eigenvalue weighted by Crippen LogP contribution is -2.15. The van der Waals surface area contributed by atoms with Gasteiger partial charge in [0.25, 0.3) is 0 Å². The van der Waals surface area contributed by atoms with Crippen molar-refractivity contribution in [3.8, 4) is 0 Å². The third-order valence-corrected chi connectivity index (χ3v) is 5.34. The van der Waals surface area contributed by atoms with Gasteiger partial charge in [0.15, 0.2) is 0 Å². The highest BCUT2D eigenvalue weighted by atomic mass is 32.2. The number of thioether (sulfide) groups is 2. The molecule has 1 atom stereocenters. The molecule has 1 amide bonds. The average molecular weight is 305 g/mol. The summed E-state index contributed by atoms with van der Waals surface area (Å²) in [6, 6.07) is 8.51. The van der Waals surface area contributed by atoms with Crippen LogP contribution >= 0.6 is 23.5 Å². The van der Waals surface area contributed by atoms with Crippen molar-refractivity contribution in [2.24, 2.45) is 7.05 Å². The number of aryl methyl sites for hydroxylation is 1. The first-order valence-corrected chi connectivity index (χ1v) is 8.53. The molecule has 1 aliphatic heterocycles. The van der Waals surface area contributed by atoms with E-state index in [0.717, 1.165) is 11.4 Å². The molecule has 2 aromatic rings. The van der Waals surface area contributed by atoms with Crippen molar-refractivity contribution < 1.29 is 4.79 Å². The van der Waals surface area contributed by atoms with E-state index < -0.39 is 0 Å². The minimum Gasteiger partial charge on any atom is -0.310 e. The summed E-state index contributed by atoms with van der Waals surface area (Å²) in [5.74, 6) is 1.30. The Kier molecular flexibility index (Phi) is 3.76. The fourth-order valence-electron chi connectivity index (χ4n) is 2.27. The second-order valence-corrected chi connectivity index (χ2v) is 6.56. The molecule has 0 unspecified atom stereocenters. The van der Waals surface area contributed by atoms with Crippen LogP contribution in [0, 0.1) is 0 Å². The maximum absolute atomic E-state index is 11.8. The Balaban J connectivity index is 2.01. The van der Waals surface area contributed by atoms with Crippen molar-refractivity contribution in [1.82, 2.24) is 9.78 Å². The number of benzene rings is 1. The average Bonchev–Trinajstić information content (AvgIpc) is 2.72. The molecular formula is C14H15N3OS2. The van der Waals surface area contributed by atoms with Crippen LogP contribution in [0.25, 0.3) is 0 Å². The minimum atomic E-state index is 0.0306. The second-order valence-electron chi connectivity index (χ2n) is 4.58. The van der Waals surface area contributed by atoms with Crippen molar-refractivity contribution >= 4 is 35.2 Å². The number of carbonyl (C=O) groups is 1. The number of hydrogen-bond acceptors (Lipinski definition) is 4. The highest BCUT2D eigenvalue weighted by Gasteiger charge is 2.26. The lowest BCUT2D eigenvalue weighted by Gasteiger charge is -2.14. The van der Waals surface area contributed by atoms with Crippen molar-refractivity contribution in [3.05, 3.63) is 41.6 Å². The van der Waals surface area contributed by atoms with Crippen LogP contribution < -0.4 is 5.32 Å². The van der Waals surface area contributed by atoms with Gasteiger partial charge in [-0.1, -0.05) is 12.1 Å². The standard InChI is InChI=1S/C14H15N3OS2/c1-17-14-11(7-15-17)13(20-8-12(18)16-14)9-3-5-10(19-2)6-4-9/h3-7,13H,8H2,1-2H3,(H,16,18)/t13-/m0/s1. The zero-order valence-electron chi connectivity index (χ0n) is 11.3. The Morgan fingerprint density at radius 2 is 2.15 bits per heavy atom. The molecule has 0 aliphatic carbocycles. The maximum atomic E-state index is 11.8. The van der Waals surface area contributed by atoms with E-state index in [0.29, 0.717) is 5.75 Å². The number of rotatable bonds is 2. The van der Waals surface area contributed by atoms with Gasteiger partial charge in [-0.3, -0.25) is 9.48 Å². The summed E-state index contributed by atoms with van der Waals surface area (Å²) < 4.78 is 1.72. The molecule has 104 valence electrons. The highest BCUT2D eigenvalue weighted by Crippen LogP contribution is 2.41. The molecule has 3 rings (SSSR count). The molecular weight excluding hydrogens is 290 g/mol. The Morgan fingerprint density at radius 1 is 1.40 bits per heavy atom. The number of fused-ring (bicyclic) bond motifs is 1. The molecule has 1 aromatic heterocycles. The van der Waals surface area contributed by atoms with E-state index in [2.05, 4.69) is 40.9 Å². The van der Waals surface area contributed by atoms with Gasteiger partial charge in [0.1, 0.15) is 5.82 Å². The lowest BCUT2D eigenvalue weighted by molar-refractivity contribution is -0.113. The molecule has 6 heteroatoms. The largest absolute Gasteiger partial charge is 0.310 e. The van der Waals surface area contributed by atoms with Gasteiger partial charge in [-0.25, -0.2) is 0 Å². The smallest absolute Gasteiger partial charge is 0.235 e. The molecule has 0 bridgehead atoms. The summed E-state index contributed by atoms with van der Waals surface area (Å²) in [7, 11) is 1.85. The fraction of sp³-hybridized carbons (Fsp3) is 0.286. The Morgan fingerprint density at radius 3 is 2.85 bits per heavy atom. The maximum Gasteiger partial charge on any atom is 0.235 e. The third-order valence-electron chi connectivity index (χ3n) is 3.31. The van der Waals surface area contributed by atoms with Crippen molar-refractivity contribution in [1.29, 1.82) is 0 Å². The number of amides is 1. The van der Waals surface area contributed by atoms with Crippen LogP contribution in [0.5, 0.6) is 0 Å². The van der Waals surface area contributed by atoms with E-state index in [1.807, 2.05) is 13.2 Å². The number of nitrogens with zero attached hydrogens (tertiary/aromatic N) is 2. The van der Waals surface area contributed by atoms with Gasteiger partial charge in [0.2, 0.25) is 5.91 Å². The van der Waals surface area contributed by atoms with Gasteiger partial charge in [-0.15, -0.1) is 23.5 Å². The monoisotopic (exact) mass is 305 g/mol. The predicted octanol–water partition coefficient (Wildman–Crippen LogP) is 2.92. The number of nitrogens with one attached hydrogen (secondary N) is 1. The number of carbonyl (C=O) groups excluding carboxylic acids is 1. The van der Waals surface area contributed by atoms with Crippen LogP contribution in [0.1, 0.15) is 16.4 Å². The predicted molar refractivity (Wildman–Crippen MR) is 84.4 cm³/mol. The SMILES string of the molecule is CSc1ccc([C@@H]2SCC(=O)Nc3c2cnn3C)cc1. The van der Waals surface area contributed by atoms with E-state index in [1.54, 1.807) is 28.2 Å². The molecule has 2 heterocycles. The number of aromatic nitrogens is 2. The normalized spacial score (nSPS) is 18.3. The third kappa shape index (κ3) is 2.45. The lowest BCUT2D eigenvalue weighted by atomic mass is 10.1. The zero-order valence-corrected chi connectivity index (χ0v) is 12.9. The van der Waals surface area contributed by atoms with Crippen molar-refractivity contribution in [2.75, 3.05) is 17.3 Å². The number of hydrogen-bond donors (Lipinski definition) is 1. The van der Waals surface area contributed by atoms with E-state index in [-0.39, 0.29) is 11.2 Å². The molecule has 0 saturated heterocycles. The van der Waals surface area contributed by atoms with Gasteiger partial charge in [0.05, 0.1) is 17.2 Å². The molecule has 1 N–H and O–H groups in total. The zero-order chi connectivity index (χ0) is 14.1. The van der Waals surface area contributed by atoms with Gasteiger partial charge in [0, 0.05) is 17.5 Å². The minimum absolute atomic E-state index is 0.0306. The first kappa shape index (κ1) is 13.6. The van der Waals surface area contributed by atoms with E-state index in [4.69, 9.17) is 0 Å². The molecule has 0 fully saturated rings. The molecule has 0 spiro atoms. The molecule has 4 nitrogen and oxygen atoms in total. The van der Waals surface area contributed by atoms with E-state index in [1.165, 1.54) is 10.5 Å². The van der Waals surface area contributed by atoms with E-state index >= 15 is 0 Å². The van der Waals surface area contributed by atoms with Gasteiger partial charge < -0.3 is 5.32 Å². The Hall–Kier alpha value is -1.40. The van der Waals surface area contributed by atoms with Crippen LogP contribution in [-0.2, 0) is 11.8 Å². The van der Waals surface area contributed by atoms with Crippen molar-refractivity contribution in [2.45, 2.75) is 10.1 Å². The van der Waals surface area contributed by atoms with Gasteiger partial charge in [-0.2, -0.15) is 5.10 Å². The molecule has 0 saturated carbocycles. The summed E-state index contributed by atoms with van der Waals surface area (Å²) in [6.07, 6.45) is 3.91. The Bertz CT molecular complexity index is 636. The first-order valence-electron chi connectivity index (χ1n) is 6.26. The van der Waals surface area contributed by atoms with Crippen LogP contribution in [0.2, 0.25) is 0 Å². The van der Waals surface area contributed by atoms with Crippen LogP contribution in [0.3, 0.4) is 0 Å². The summed E-state index contributed by atoms with van der Waals surface area (Å²) in [5.41, 5.74) is 2.28. The van der Waals surface area contributed by atoms with Gasteiger partial charge in [-0.05, 0) is 24.0 Å². The summed E-state index contributed by atoms with van der Waals surface area (Å²) in [5, 5.41) is 7.34. The first-order chi connectivity index (χ1) is 9.69. The summed E-state index contributed by atoms with van der Waals surface area (Å²) in [6.45, 7) is 0. The number of anilines is 1. The molecule has 20 heavy (non-hydrogen) atoms. The van der Waals surface area contributed by atoms with E-state index in [9.17, 15) is 4.79 Å². The van der Waals surface area contributed by atoms with Crippen molar-refractivity contribution in [3.63, 3.8) is 0 Å². The van der Waals surface area contributed by atoms with Gasteiger partial charge >= 0.3 is 0 Å². The molecule has 1 aliphatic rings. The van der Waals surface area contributed by atoms with Crippen LogP contribution in [-0.4, -0.2) is 27.7 Å². The van der Waals surface area contributed by atoms with Crippen LogP contribution in [0.15, 0.2) is 35.4 Å². The Labute approximate surface area is 126 Å². The topological polar surface area (TPSA) is 46.9 Å². The quantitative estimate of drug-likeness (QED) is 0.867. The second kappa shape index (κ2) is 5.54. The fourth-order valence-corrected chi connectivity index (χ4v) is 3.77.